The summed E-state index contributed by atoms with van der Waals surface area (Å²) in [6.07, 6.45) is -1.77. The Labute approximate surface area is 126 Å². The van der Waals surface area contributed by atoms with Gasteiger partial charge < -0.3 is 5.32 Å². The van der Waals surface area contributed by atoms with E-state index in [1.54, 1.807) is 0 Å². The van der Waals surface area contributed by atoms with Crippen LogP contribution in [0.1, 0.15) is 36.8 Å². The smallest absolute Gasteiger partial charge is 0.381 e. The minimum Gasteiger partial charge on any atom is -0.381 e. The number of aryl methyl sites for hydroxylation is 2. The standard InChI is InChI=1S/C15H19BrF3N/c1-9-7-11(16)8-10(2)14(9)20-13-6-4-3-5-12(13)15(17,18)19/h7-8,12-13,20H,3-6H2,1-2H3. The highest BCUT2D eigenvalue weighted by atomic mass is 79.9. The van der Waals surface area contributed by atoms with E-state index in [0.29, 0.717) is 12.8 Å². The maximum atomic E-state index is 13.1. The number of hydrogen-bond donors (Lipinski definition) is 1. The molecule has 1 aliphatic carbocycles. The zero-order valence-corrected chi connectivity index (χ0v) is 13.2. The molecule has 0 bridgehead atoms. The van der Waals surface area contributed by atoms with Crippen LogP contribution in [-0.4, -0.2) is 12.2 Å². The fraction of sp³-hybridized carbons (Fsp3) is 0.600. The van der Waals surface area contributed by atoms with Crippen molar-refractivity contribution in [3.8, 4) is 0 Å². The van der Waals surface area contributed by atoms with Crippen molar-refractivity contribution >= 4 is 21.6 Å². The molecular weight excluding hydrogens is 331 g/mol. The SMILES string of the molecule is Cc1cc(Br)cc(C)c1NC1CCCCC1C(F)(F)F. The first kappa shape index (κ1) is 15.7. The number of anilines is 1. The van der Waals surface area contributed by atoms with Crippen molar-refractivity contribution < 1.29 is 13.2 Å². The maximum Gasteiger partial charge on any atom is 0.393 e. The number of rotatable bonds is 2. The first-order chi connectivity index (χ1) is 9.29. The molecule has 20 heavy (non-hydrogen) atoms. The molecule has 1 N–H and O–H groups in total. The van der Waals surface area contributed by atoms with Crippen LogP contribution in [0.25, 0.3) is 0 Å². The Morgan fingerprint density at radius 1 is 1.10 bits per heavy atom. The van der Waals surface area contributed by atoms with Gasteiger partial charge in [-0.1, -0.05) is 28.8 Å². The van der Waals surface area contributed by atoms with E-state index in [9.17, 15) is 13.2 Å². The largest absolute Gasteiger partial charge is 0.393 e. The van der Waals surface area contributed by atoms with Crippen molar-refractivity contribution in [1.29, 1.82) is 0 Å². The Morgan fingerprint density at radius 3 is 2.20 bits per heavy atom. The zero-order valence-electron chi connectivity index (χ0n) is 11.6. The molecule has 1 aromatic rings. The van der Waals surface area contributed by atoms with Gasteiger partial charge in [0.05, 0.1) is 5.92 Å². The van der Waals surface area contributed by atoms with Crippen LogP contribution in [0.15, 0.2) is 16.6 Å². The molecule has 5 heteroatoms. The Kier molecular flexibility index (Phi) is 4.67. The molecule has 0 radical (unpaired) electrons. The van der Waals surface area contributed by atoms with Crippen LogP contribution in [-0.2, 0) is 0 Å². The van der Waals surface area contributed by atoms with Crippen molar-refractivity contribution in [3.05, 3.63) is 27.7 Å². The average molecular weight is 350 g/mol. The van der Waals surface area contributed by atoms with E-state index in [0.717, 1.165) is 27.7 Å². The molecule has 0 aromatic heterocycles. The molecular formula is C15H19BrF3N. The van der Waals surface area contributed by atoms with Crippen molar-refractivity contribution in [2.75, 3.05) is 5.32 Å². The van der Waals surface area contributed by atoms with E-state index in [1.165, 1.54) is 0 Å². The van der Waals surface area contributed by atoms with Crippen molar-refractivity contribution in [3.63, 3.8) is 0 Å². The van der Waals surface area contributed by atoms with Crippen LogP contribution in [0.5, 0.6) is 0 Å². The molecule has 112 valence electrons. The molecule has 1 aromatic carbocycles. The van der Waals surface area contributed by atoms with Gasteiger partial charge in [-0.15, -0.1) is 0 Å². The second kappa shape index (κ2) is 5.96. The average Bonchev–Trinajstić information content (AvgIpc) is 2.33. The van der Waals surface area contributed by atoms with Gasteiger partial charge in [0.2, 0.25) is 0 Å². The van der Waals surface area contributed by atoms with Gasteiger partial charge in [0.1, 0.15) is 0 Å². The minimum atomic E-state index is -4.12. The van der Waals surface area contributed by atoms with E-state index in [1.807, 2.05) is 26.0 Å². The molecule has 2 rings (SSSR count). The summed E-state index contributed by atoms with van der Waals surface area (Å²) in [7, 11) is 0. The lowest BCUT2D eigenvalue weighted by Crippen LogP contribution is -2.41. The lowest BCUT2D eigenvalue weighted by atomic mass is 9.83. The molecule has 2 unspecified atom stereocenters. The number of benzene rings is 1. The first-order valence-electron chi connectivity index (χ1n) is 6.89. The lowest BCUT2D eigenvalue weighted by molar-refractivity contribution is -0.184. The predicted molar refractivity (Wildman–Crippen MR) is 79.0 cm³/mol. The van der Waals surface area contributed by atoms with E-state index in [4.69, 9.17) is 0 Å². The fourth-order valence-electron chi connectivity index (χ4n) is 3.02. The molecule has 0 amide bonds. The Morgan fingerprint density at radius 2 is 1.65 bits per heavy atom. The second-order valence-corrected chi connectivity index (χ2v) is 6.51. The van der Waals surface area contributed by atoms with Gasteiger partial charge >= 0.3 is 6.18 Å². The van der Waals surface area contributed by atoms with Crippen molar-refractivity contribution in [2.45, 2.75) is 51.7 Å². The Hall–Kier alpha value is -0.710. The molecule has 1 saturated carbocycles. The molecule has 1 aliphatic rings. The summed E-state index contributed by atoms with van der Waals surface area (Å²) in [6.45, 7) is 3.84. The molecule has 0 heterocycles. The molecule has 1 nitrogen and oxygen atoms in total. The summed E-state index contributed by atoms with van der Waals surface area (Å²) in [6, 6.07) is 3.35. The number of hydrogen-bond acceptors (Lipinski definition) is 1. The van der Waals surface area contributed by atoms with Gasteiger partial charge in [-0.2, -0.15) is 13.2 Å². The third-order valence-electron chi connectivity index (χ3n) is 4.01. The minimum absolute atomic E-state index is 0.232. The van der Waals surface area contributed by atoms with Crippen LogP contribution in [0.2, 0.25) is 0 Å². The highest BCUT2D eigenvalue weighted by Crippen LogP contribution is 2.40. The lowest BCUT2D eigenvalue weighted by Gasteiger charge is -2.35. The van der Waals surface area contributed by atoms with Crippen molar-refractivity contribution in [2.24, 2.45) is 5.92 Å². The van der Waals surface area contributed by atoms with E-state index in [-0.39, 0.29) is 6.42 Å². The number of alkyl halides is 3. The molecule has 1 fully saturated rings. The molecule has 0 spiro atoms. The fourth-order valence-corrected chi connectivity index (χ4v) is 3.71. The van der Waals surface area contributed by atoms with Gasteiger partial charge in [-0.3, -0.25) is 0 Å². The highest BCUT2D eigenvalue weighted by molar-refractivity contribution is 9.10. The maximum absolute atomic E-state index is 13.1. The van der Waals surface area contributed by atoms with Gasteiger partial charge in [0.15, 0.2) is 0 Å². The van der Waals surface area contributed by atoms with Crippen LogP contribution < -0.4 is 5.32 Å². The first-order valence-corrected chi connectivity index (χ1v) is 7.68. The van der Waals surface area contributed by atoms with E-state index < -0.39 is 18.1 Å². The number of halogens is 4. The summed E-state index contributed by atoms with van der Waals surface area (Å²) >= 11 is 3.41. The van der Waals surface area contributed by atoms with Gasteiger partial charge in [-0.25, -0.2) is 0 Å². The summed E-state index contributed by atoms with van der Waals surface area (Å²) in [5.41, 5.74) is 2.79. The van der Waals surface area contributed by atoms with Gasteiger partial charge in [0.25, 0.3) is 0 Å². The summed E-state index contributed by atoms with van der Waals surface area (Å²) in [5, 5.41) is 3.16. The third kappa shape index (κ3) is 3.48. The number of nitrogens with one attached hydrogen (secondary N) is 1. The van der Waals surface area contributed by atoms with Gasteiger partial charge in [0, 0.05) is 16.2 Å². The zero-order chi connectivity index (χ0) is 14.9. The summed E-state index contributed by atoms with van der Waals surface area (Å²) < 4.78 is 40.3. The Balaban J connectivity index is 2.23. The van der Waals surface area contributed by atoms with Crippen molar-refractivity contribution in [1.82, 2.24) is 0 Å². The molecule has 0 saturated heterocycles. The van der Waals surface area contributed by atoms with Crippen LogP contribution in [0.3, 0.4) is 0 Å². The third-order valence-corrected chi connectivity index (χ3v) is 4.47. The van der Waals surface area contributed by atoms with E-state index in [2.05, 4.69) is 21.2 Å². The Bertz CT molecular complexity index is 461. The molecule has 0 aliphatic heterocycles. The summed E-state index contributed by atoms with van der Waals surface area (Å²) in [4.78, 5) is 0. The topological polar surface area (TPSA) is 12.0 Å². The molecule has 2 atom stereocenters. The van der Waals surface area contributed by atoms with E-state index >= 15 is 0 Å². The predicted octanol–water partition coefficient (Wildman–Crippen LogP) is 5.60. The normalized spacial score (nSPS) is 23.7. The monoisotopic (exact) mass is 349 g/mol. The van der Waals surface area contributed by atoms with Crippen LogP contribution >= 0.6 is 15.9 Å². The van der Waals surface area contributed by atoms with Crippen LogP contribution in [0, 0.1) is 19.8 Å². The van der Waals surface area contributed by atoms with Gasteiger partial charge in [-0.05, 0) is 49.9 Å². The summed E-state index contributed by atoms with van der Waals surface area (Å²) in [5.74, 6) is -1.24. The highest BCUT2D eigenvalue weighted by Gasteiger charge is 2.45. The van der Waals surface area contributed by atoms with Crippen LogP contribution in [0.4, 0.5) is 18.9 Å². The second-order valence-electron chi connectivity index (χ2n) is 5.60. The quantitative estimate of drug-likeness (QED) is 0.732.